The van der Waals surface area contributed by atoms with E-state index in [2.05, 4.69) is 4.74 Å². The highest BCUT2D eigenvalue weighted by atomic mass is 19.4. The number of nitrogens with one attached hydrogen (secondary N) is 1. The fourth-order valence-electron chi connectivity index (χ4n) is 1.29. The average molecular weight is 313 g/mol. The van der Waals surface area contributed by atoms with E-state index < -0.39 is 35.7 Å². The van der Waals surface area contributed by atoms with Crippen LogP contribution >= 0.6 is 0 Å². The summed E-state index contributed by atoms with van der Waals surface area (Å²) in [7, 11) is 0.961. The molecule has 0 aliphatic rings. The van der Waals surface area contributed by atoms with Crippen molar-refractivity contribution in [3.8, 4) is 0 Å². The molecular weight excluding hydrogens is 295 g/mol. The Morgan fingerprint density at radius 1 is 1.14 bits per heavy atom. The van der Waals surface area contributed by atoms with Gasteiger partial charge in [-0.2, -0.15) is 13.2 Å². The van der Waals surface area contributed by atoms with Crippen molar-refractivity contribution in [1.29, 1.82) is 0 Å². The molecule has 0 saturated heterocycles. The zero-order valence-electron chi connectivity index (χ0n) is 12.2. The predicted molar refractivity (Wildman–Crippen MR) is 65.1 cm³/mol. The number of carbonyl (C=O) groups is 3. The van der Waals surface area contributed by atoms with Crippen LogP contribution < -0.4 is 5.32 Å². The number of alkyl halides is 3. The molecule has 0 aliphatic carbocycles. The first kappa shape index (κ1) is 19.2. The lowest BCUT2D eigenvalue weighted by Gasteiger charge is -2.21. The third-order valence-electron chi connectivity index (χ3n) is 2.11. The van der Waals surface area contributed by atoms with E-state index in [0.717, 1.165) is 7.11 Å². The van der Waals surface area contributed by atoms with Crippen LogP contribution in [0.25, 0.3) is 0 Å². The van der Waals surface area contributed by atoms with Gasteiger partial charge in [0.25, 0.3) is 0 Å². The number of amides is 1. The highest BCUT2D eigenvalue weighted by Crippen LogP contribution is 2.16. The highest BCUT2D eigenvalue weighted by molar-refractivity contribution is 5.87. The highest BCUT2D eigenvalue weighted by Gasteiger charge is 2.41. The summed E-state index contributed by atoms with van der Waals surface area (Å²) >= 11 is 0. The molecule has 0 rings (SSSR count). The van der Waals surface area contributed by atoms with E-state index in [1.165, 1.54) is 5.32 Å². The van der Waals surface area contributed by atoms with E-state index in [0.29, 0.717) is 0 Å². The molecule has 0 aromatic carbocycles. The van der Waals surface area contributed by atoms with Gasteiger partial charge in [-0.25, -0.2) is 4.79 Å². The predicted octanol–water partition coefficient (Wildman–Crippen LogP) is 1.33. The van der Waals surface area contributed by atoms with Gasteiger partial charge in [-0.3, -0.25) is 9.59 Å². The van der Waals surface area contributed by atoms with E-state index in [4.69, 9.17) is 4.74 Å². The minimum Gasteiger partial charge on any atom is -0.467 e. The van der Waals surface area contributed by atoms with Gasteiger partial charge in [0, 0.05) is 6.42 Å². The van der Waals surface area contributed by atoms with Crippen molar-refractivity contribution < 1.29 is 37.0 Å². The molecule has 0 aromatic rings. The van der Waals surface area contributed by atoms with Crippen LogP contribution in [0.5, 0.6) is 0 Å². The summed E-state index contributed by atoms with van der Waals surface area (Å²) in [6, 6.07) is -1.57. The van der Waals surface area contributed by atoms with Gasteiger partial charge in [0.1, 0.15) is 11.6 Å². The Hall–Kier alpha value is -1.80. The summed E-state index contributed by atoms with van der Waals surface area (Å²) in [5.74, 6) is -4.05. The lowest BCUT2D eigenvalue weighted by molar-refractivity contribution is -0.176. The molecule has 0 spiro atoms. The number of hydrogen-bond acceptors (Lipinski definition) is 5. The van der Waals surface area contributed by atoms with E-state index in [-0.39, 0.29) is 12.8 Å². The first-order valence-electron chi connectivity index (χ1n) is 6.04. The molecule has 21 heavy (non-hydrogen) atoms. The van der Waals surface area contributed by atoms with Gasteiger partial charge in [-0.05, 0) is 27.2 Å². The monoisotopic (exact) mass is 313 g/mol. The van der Waals surface area contributed by atoms with Crippen LogP contribution in [0.3, 0.4) is 0 Å². The topological polar surface area (TPSA) is 81.7 Å². The van der Waals surface area contributed by atoms with Crippen molar-refractivity contribution in [1.82, 2.24) is 5.32 Å². The van der Waals surface area contributed by atoms with Crippen LogP contribution in [0.1, 0.15) is 33.6 Å². The van der Waals surface area contributed by atoms with Gasteiger partial charge in [-0.15, -0.1) is 0 Å². The zero-order valence-corrected chi connectivity index (χ0v) is 12.2. The summed E-state index contributed by atoms with van der Waals surface area (Å²) in [6.45, 7) is 4.86. The van der Waals surface area contributed by atoms with E-state index in [9.17, 15) is 27.6 Å². The Morgan fingerprint density at radius 3 is 2.05 bits per heavy atom. The Kier molecular flexibility index (Phi) is 6.65. The maximum absolute atomic E-state index is 12.1. The summed E-state index contributed by atoms with van der Waals surface area (Å²) < 4.78 is 45.7. The molecule has 1 amide bonds. The molecule has 0 fully saturated rings. The van der Waals surface area contributed by atoms with Gasteiger partial charge in [0.05, 0.1) is 7.11 Å². The van der Waals surface area contributed by atoms with E-state index in [1.54, 1.807) is 20.8 Å². The number of carbonyl (C=O) groups excluding carboxylic acids is 3. The molecule has 0 aliphatic heterocycles. The molecule has 1 N–H and O–H groups in total. The minimum absolute atomic E-state index is 0.338. The maximum atomic E-state index is 12.1. The molecule has 0 aromatic heterocycles. The fraction of sp³-hybridized carbons (Fsp3) is 0.750. The van der Waals surface area contributed by atoms with Crippen molar-refractivity contribution >= 4 is 17.8 Å². The average Bonchev–Trinajstić information content (AvgIpc) is 2.29. The normalized spacial score (nSPS) is 13.3. The number of ether oxygens (including phenoxy) is 2. The lowest BCUT2D eigenvalue weighted by atomic mass is 10.1. The second kappa shape index (κ2) is 7.28. The smallest absolute Gasteiger partial charge is 0.467 e. The zero-order chi connectivity index (χ0) is 16.8. The number of rotatable bonds is 5. The van der Waals surface area contributed by atoms with Crippen molar-refractivity contribution in [3.05, 3.63) is 0 Å². The van der Waals surface area contributed by atoms with Gasteiger partial charge in [-0.1, -0.05) is 0 Å². The summed E-state index contributed by atoms with van der Waals surface area (Å²) in [5, 5.41) is 1.48. The summed E-state index contributed by atoms with van der Waals surface area (Å²) in [5.41, 5.74) is -0.757. The SMILES string of the molecule is COC(=O)C(CCC(=O)OC(C)(C)C)NC(=O)C(F)(F)F. The van der Waals surface area contributed by atoms with Crippen LogP contribution in [0.2, 0.25) is 0 Å². The van der Waals surface area contributed by atoms with Gasteiger partial charge < -0.3 is 14.8 Å². The second-order valence-electron chi connectivity index (χ2n) is 5.17. The third kappa shape index (κ3) is 8.16. The largest absolute Gasteiger partial charge is 0.471 e. The second-order valence-corrected chi connectivity index (χ2v) is 5.17. The first-order chi connectivity index (χ1) is 9.36. The van der Waals surface area contributed by atoms with Crippen LogP contribution in [-0.4, -0.2) is 42.8 Å². The Balaban J connectivity index is 4.63. The van der Waals surface area contributed by atoms with Crippen LogP contribution in [0.15, 0.2) is 0 Å². The quantitative estimate of drug-likeness (QED) is 0.774. The summed E-state index contributed by atoms with van der Waals surface area (Å²) in [6.07, 6.45) is -5.82. The molecule has 1 atom stereocenters. The number of esters is 2. The molecular formula is C12H18F3NO5. The standard InChI is InChI=1S/C12H18F3NO5/c1-11(2,3)21-8(17)6-5-7(9(18)20-4)16-10(19)12(13,14)15/h7H,5-6H2,1-4H3,(H,16,19). The van der Waals surface area contributed by atoms with Crippen LogP contribution in [0, 0.1) is 0 Å². The molecule has 1 unspecified atom stereocenters. The van der Waals surface area contributed by atoms with Crippen molar-refractivity contribution in [2.45, 2.75) is 51.4 Å². The van der Waals surface area contributed by atoms with Crippen molar-refractivity contribution in [2.24, 2.45) is 0 Å². The van der Waals surface area contributed by atoms with E-state index >= 15 is 0 Å². The molecule has 0 radical (unpaired) electrons. The number of hydrogen-bond donors (Lipinski definition) is 1. The van der Waals surface area contributed by atoms with Crippen molar-refractivity contribution in [2.75, 3.05) is 7.11 Å². The lowest BCUT2D eigenvalue weighted by Crippen LogP contribution is -2.47. The van der Waals surface area contributed by atoms with Gasteiger partial charge in [0.15, 0.2) is 0 Å². The first-order valence-corrected chi connectivity index (χ1v) is 6.04. The fourth-order valence-corrected chi connectivity index (χ4v) is 1.29. The Labute approximate surface area is 120 Å². The van der Waals surface area contributed by atoms with Crippen molar-refractivity contribution in [3.63, 3.8) is 0 Å². The molecule has 0 heterocycles. The molecule has 6 nitrogen and oxygen atoms in total. The van der Waals surface area contributed by atoms with Gasteiger partial charge in [0.2, 0.25) is 0 Å². The summed E-state index contributed by atoms with van der Waals surface area (Å²) in [4.78, 5) is 33.6. The third-order valence-corrected chi connectivity index (χ3v) is 2.11. The minimum atomic E-state index is -5.13. The van der Waals surface area contributed by atoms with Crippen LogP contribution in [0.4, 0.5) is 13.2 Å². The Morgan fingerprint density at radius 2 is 1.67 bits per heavy atom. The molecule has 9 heteroatoms. The number of halogens is 3. The maximum Gasteiger partial charge on any atom is 0.471 e. The van der Waals surface area contributed by atoms with Gasteiger partial charge >= 0.3 is 24.0 Å². The number of methoxy groups -OCH3 is 1. The molecule has 0 bridgehead atoms. The van der Waals surface area contributed by atoms with Crippen LogP contribution in [-0.2, 0) is 23.9 Å². The Bertz CT molecular complexity index is 401. The molecule has 122 valence electrons. The molecule has 0 saturated carbocycles. The van der Waals surface area contributed by atoms with E-state index in [1.807, 2.05) is 0 Å².